The Bertz CT molecular complexity index is 653. The van der Waals surface area contributed by atoms with Gasteiger partial charge in [-0.2, -0.15) is 0 Å². The molecule has 0 radical (unpaired) electrons. The van der Waals surface area contributed by atoms with Gasteiger partial charge in [-0.05, 0) is 28.1 Å². The van der Waals surface area contributed by atoms with Crippen molar-refractivity contribution in [3.8, 4) is 0 Å². The fourth-order valence-electron chi connectivity index (χ4n) is 2.58. The molecule has 112 valence electrons. The Morgan fingerprint density at radius 1 is 1.48 bits per heavy atom. The molecule has 1 aliphatic rings. The number of halogens is 1. The number of furan rings is 1. The van der Waals surface area contributed by atoms with Crippen molar-refractivity contribution in [2.75, 3.05) is 20.2 Å². The van der Waals surface area contributed by atoms with Crippen molar-refractivity contribution in [2.45, 2.75) is 12.0 Å². The van der Waals surface area contributed by atoms with E-state index < -0.39 is 0 Å². The molecule has 0 aliphatic carbocycles. The summed E-state index contributed by atoms with van der Waals surface area (Å²) in [6.45, 7) is 1.04. The number of hydrogen-bond acceptors (Lipinski definition) is 5. The van der Waals surface area contributed by atoms with Gasteiger partial charge in [-0.25, -0.2) is 0 Å². The number of nitrogens with zero attached hydrogens (tertiary/aromatic N) is 4. The summed E-state index contributed by atoms with van der Waals surface area (Å²) in [4.78, 5) is 14.1. The molecule has 3 heterocycles. The van der Waals surface area contributed by atoms with Gasteiger partial charge in [0.05, 0.1) is 17.7 Å². The van der Waals surface area contributed by atoms with Crippen molar-refractivity contribution in [1.82, 2.24) is 19.9 Å². The van der Waals surface area contributed by atoms with Crippen LogP contribution in [-0.4, -0.2) is 52.1 Å². The maximum absolute atomic E-state index is 12.4. The van der Waals surface area contributed by atoms with Crippen LogP contribution in [0.2, 0.25) is 0 Å². The minimum atomic E-state index is -0.144. The van der Waals surface area contributed by atoms with Crippen LogP contribution in [0.3, 0.4) is 0 Å². The summed E-state index contributed by atoms with van der Waals surface area (Å²) in [5, 5.41) is 8.07. The summed E-state index contributed by atoms with van der Waals surface area (Å²) in [6.07, 6.45) is 1.76. The summed E-state index contributed by atoms with van der Waals surface area (Å²) in [5.41, 5.74) is 0.834. The average molecular weight is 355 g/mol. The SMILES string of the molecule is CO[C@@H]1CN(C(=O)c2ccc(Br)o2)C[C@H]1c1cn(C)nn1. The van der Waals surface area contributed by atoms with E-state index in [1.165, 1.54) is 0 Å². The van der Waals surface area contributed by atoms with Gasteiger partial charge >= 0.3 is 0 Å². The van der Waals surface area contributed by atoms with Gasteiger partial charge < -0.3 is 14.1 Å². The van der Waals surface area contributed by atoms with E-state index >= 15 is 0 Å². The van der Waals surface area contributed by atoms with Crippen LogP contribution in [-0.2, 0) is 11.8 Å². The largest absolute Gasteiger partial charge is 0.444 e. The lowest BCUT2D eigenvalue weighted by Crippen LogP contribution is -2.29. The molecular formula is C13H15BrN4O3. The Morgan fingerprint density at radius 3 is 2.86 bits per heavy atom. The van der Waals surface area contributed by atoms with E-state index in [0.717, 1.165) is 5.69 Å². The number of aromatic nitrogens is 3. The molecule has 0 spiro atoms. The van der Waals surface area contributed by atoms with E-state index in [9.17, 15) is 4.79 Å². The van der Waals surface area contributed by atoms with E-state index in [1.54, 1.807) is 28.8 Å². The normalized spacial score (nSPS) is 22.0. The van der Waals surface area contributed by atoms with Crippen molar-refractivity contribution >= 4 is 21.8 Å². The van der Waals surface area contributed by atoms with Gasteiger partial charge in [-0.15, -0.1) is 5.10 Å². The number of ether oxygens (including phenoxy) is 1. The Kier molecular flexibility index (Phi) is 3.81. The van der Waals surface area contributed by atoms with Gasteiger partial charge in [-0.1, -0.05) is 5.21 Å². The number of carbonyl (C=O) groups is 1. The Labute approximate surface area is 130 Å². The number of methoxy groups -OCH3 is 1. The van der Waals surface area contributed by atoms with Crippen LogP contribution in [0.4, 0.5) is 0 Å². The first kappa shape index (κ1) is 14.3. The summed E-state index contributed by atoms with van der Waals surface area (Å²) in [5.74, 6) is 0.191. The second-order valence-electron chi connectivity index (χ2n) is 5.01. The zero-order valence-electron chi connectivity index (χ0n) is 11.7. The molecule has 2 aromatic heterocycles. The molecule has 3 rings (SSSR count). The van der Waals surface area contributed by atoms with Crippen LogP contribution in [0, 0.1) is 0 Å². The highest BCUT2D eigenvalue weighted by molar-refractivity contribution is 9.10. The molecule has 0 bridgehead atoms. The minimum absolute atomic E-state index is 0.0195. The highest BCUT2D eigenvalue weighted by atomic mass is 79.9. The van der Waals surface area contributed by atoms with Gasteiger partial charge in [0.1, 0.15) is 0 Å². The Balaban J connectivity index is 1.79. The van der Waals surface area contributed by atoms with Crippen LogP contribution < -0.4 is 0 Å². The fraction of sp³-hybridized carbons (Fsp3) is 0.462. The third-order valence-electron chi connectivity index (χ3n) is 3.64. The van der Waals surface area contributed by atoms with Crippen molar-refractivity contribution in [3.05, 3.63) is 34.5 Å². The number of rotatable bonds is 3. The van der Waals surface area contributed by atoms with Crippen LogP contribution in [0.15, 0.2) is 27.4 Å². The first-order chi connectivity index (χ1) is 10.1. The van der Waals surface area contributed by atoms with E-state index in [1.807, 2.05) is 13.2 Å². The number of carbonyl (C=O) groups excluding carboxylic acids is 1. The number of likely N-dealkylation sites (tertiary alicyclic amines) is 1. The molecule has 0 unspecified atom stereocenters. The zero-order chi connectivity index (χ0) is 15.0. The lowest BCUT2D eigenvalue weighted by molar-refractivity contribution is 0.0686. The van der Waals surface area contributed by atoms with E-state index in [4.69, 9.17) is 9.15 Å². The van der Waals surface area contributed by atoms with Crippen molar-refractivity contribution < 1.29 is 13.9 Å². The van der Waals surface area contributed by atoms with Crippen molar-refractivity contribution in [3.63, 3.8) is 0 Å². The van der Waals surface area contributed by atoms with Crippen molar-refractivity contribution in [1.29, 1.82) is 0 Å². The second kappa shape index (κ2) is 5.61. The predicted octanol–water partition coefficient (Wildman–Crippen LogP) is 1.43. The summed E-state index contributed by atoms with van der Waals surface area (Å²) >= 11 is 3.20. The van der Waals surface area contributed by atoms with E-state index in [2.05, 4.69) is 26.2 Å². The minimum Gasteiger partial charge on any atom is -0.444 e. The van der Waals surface area contributed by atoms with Gasteiger partial charge in [0, 0.05) is 33.4 Å². The maximum Gasteiger partial charge on any atom is 0.289 e. The smallest absolute Gasteiger partial charge is 0.289 e. The lowest BCUT2D eigenvalue weighted by atomic mass is 10.0. The first-order valence-corrected chi connectivity index (χ1v) is 7.31. The van der Waals surface area contributed by atoms with E-state index in [0.29, 0.717) is 23.5 Å². The zero-order valence-corrected chi connectivity index (χ0v) is 13.3. The Hall–Kier alpha value is -1.67. The number of aryl methyl sites for hydroxylation is 1. The van der Waals surface area contributed by atoms with Gasteiger partial charge in [-0.3, -0.25) is 9.48 Å². The molecule has 8 heteroatoms. The van der Waals surface area contributed by atoms with Crippen LogP contribution in [0.1, 0.15) is 22.2 Å². The third kappa shape index (κ3) is 2.73. The standard InChI is InChI=1S/C13H15BrN4O3/c1-17-6-9(15-16-17)8-5-18(7-11(8)20-2)13(19)10-3-4-12(14)21-10/h3-4,6,8,11H,5,7H2,1-2H3/t8-,11+/m0/s1. The molecular weight excluding hydrogens is 340 g/mol. The van der Waals surface area contributed by atoms with Crippen LogP contribution in [0.5, 0.6) is 0 Å². The highest BCUT2D eigenvalue weighted by Gasteiger charge is 2.38. The average Bonchev–Trinajstić information content (AvgIpc) is 3.16. The monoisotopic (exact) mass is 354 g/mol. The van der Waals surface area contributed by atoms with Gasteiger partial charge in [0.15, 0.2) is 10.4 Å². The molecule has 0 aromatic carbocycles. The van der Waals surface area contributed by atoms with Gasteiger partial charge in [0.2, 0.25) is 0 Å². The van der Waals surface area contributed by atoms with Crippen LogP contribution >= 0.6 is 15.9 Å². The summed E-state index contributed by atoms with van der Waals surface area (Å²) in [7, 11) is 3.46. The topological polar surface area (TPSA) is 73.4 Å². The second-order valence-corrected chi connectivity index (χ2v) is 5.79. The number of hydrogen-bond donors (Lipinski definition) is 0. The highest BCUT2D eigenvalue weighted by Crippen LogP contribution is 2.29. The fourth-order valence-corrected chi connectivity index (χ4v) is 2.89. The third-order valence-corrected chi connectivity index (χ3v) is 4.07. The molecule has 2 aromatic rings. The first-order valence-electron chi connectivity index (χ1n) is 6.52. The molecule has 0 saturated carbocycles. The molecule has 21 heavy (non-hydrogen) atoms. The molecule has 1 amide bonds. The van der Waals surface area contributed by atoms with Crippen molar-refractivity contribution in [2.24, 2.45) is 7.05 Å². The predicted molar refractivity (Wildman–Crippen MR) is 76.9 cm³/mol. The summed E-state index contributed by atoms with van der Waals surface area (Å²) in [6, 6.07) is 3.36. The number of amides is 1. The molecule has 0 N–H and O–H groups in total. The summed E-state index contributed by atoms with van der Waals surface area (Å²) < 4.78 is 13.0. The maximum atomic E-state index is 12.4. The quantitative estimate of drug-likeness (QED) is 0.833. The molecule has 1 fully saturated rings. The van der Waals surface area contributed by atoms with E-state index in [-0.39, 0.29) is 17.9 Å². The van der Waals surface area contributed by atoms with Gasteiger partial charge in [0.25, 0.3) is 5.91 Å². The lowest BCUT2D eigenvalue weighted by Gasteiger charge is -2.13. The Morgan fingerprint density at radius 2 is 2.29 bits per heavy atom. The van der Waals surface area contributed by atoms with Crippen LogP contribution in [0.25, 0.3) is 0 Å². The molecule has 1 saturated heterocycles. The molecule has 7 nitrogen and oxygen atoms in total. The molecule has 1 aliphatic heterocycles. The molecule has 2 atom stereocenters.